The first-order valence-corrected chi connectivity index (χ1v) is 12.7. The molecule has 0 atom stereocenters. The Morgan fingerprint density at radius 2 is 1.78 bits per heavy atom. The first-order valence-electron chi connectivity index (χ1n) is 12.7. The second kappa shape index (κ2) is 13.5. The molecular formula is C30H42N4O2. The van der Waals surface area contributed by atoms with Crippen molar-refractivity contribution in [1.29, 1.82) is 0 Å². The molecule has 3 aromatic rings. The lowest BCUT2D eigenvalue weighted by molar-refractivity contribution is -0.134. The number of carboxylic acids is 1. The molecular weight excluding hydrogens is 448 g/mol. The summed E-state index contributed by atoms with van der Waals surface area (Å²) in [4.78, 5) is 18.9. The molecule has 1 heterocycles. The van der Waals surface area contributed by atoms with Crippen LogP contribution in [0.1, 0.15) is 63.6 Å². The van der Waals surface area contributed by atoms with Gasteiger partial charge in [0.2, 0.25) is 0 Å². The number of benzene rings is 2. The number of hydrogen-bond acceptors (Lipinski definition) is 4. The summed E-state index contributed by atoms with van der Waals surface area (Å²) in [5, 5.41) is 14.9. The second-order valence-electron chi connectivity index (χ2n) is 9.68. The molecule has 0 spiro atoms. The highest BCUT2D eigenvalue weighted by atomic mass is 16.4. The van der Waals surface area contributed by atoms with Gasteiger partial charge in [-0.15, -0.1) is 0 Å². The summed E-state index contributed by atoms with van der Waals surface area (Å²) < 4.78 is 0. The minimum Gasteiger partial charge on any atom is -0.480 e. The normalized spacial score (nSPS) is 11.8. The Morgan fingerprint density at radius 3 is 2.31 bits per heavy atom. The van der Waals surface area contributed by atoms with Crippen molar-refractivity contribution in [3.63, 3.8) is 0 Å². The van der Waals surface area contributed by atoms with E-state index in [0.29, 0.717) is 11.8 Å². The van der Waals surface area contributed by atoms with E-state index in [4.69, 9.17) is 10.1 Å². The van der Waals surface area contributed by atoms with E-state index in [9.17, 15) is 4.79 Å². The summed E-state index contributed by atoms with van der Waals surface area (Å²) >= 11 is 0. The van der Waals surface area contributed by atoms with Gasteiger partial charge in [0.15, 0.2) is 0 Å². The quantitative estimate of drug-likeness (QED) is 0.239. The van der Waals surface area contributed by atoms with E-state index in [-0.39, 0.29) is 6.54 Å². The van der Waals surface area contributed by atoms with Crippen molar-refractivity contribution in [1.82, 2.24) is 15.3 Å². The maximum Gasteiger partial charge on any atom is 0.322 e. The lowest BCUT2D eigenvalue weighted by Gasteiger charge is -2.11. The summed E-state index contributed by atoms with van der Waals surface area (Å²) in [6.07, 6.45) is 7.59. The highest BCUT2D eigenvalue weighted by Crippen LogP contribution is 2.30. The van der Waals surface area contributed by atoms with Crippen molar-refractivity contribution in [3.05, 3.63) is 70.9 Å². The smallest absolute Gasteiger partial charge is 0.322 e. The number of anilines is 1. The van der Waals surface area contributed by atoms with Crippen molar-refractivity contribution in [3.8, 4) is 11.4 Å². The molecule has 0 aliphatic carbocycles. The number of carbonyl (C=O) groups is 1. The van der Waals surface area contributed by atoms with Crippen LogP contribution in [0.3, 0.4) is 0 Å². The van der Waals surface area contributed by atoms with E-state index in [1.807, 2.05) is 33.0 Å². The van der Waals surface area contributed by atoms with Gasteiger partial charge in [-0.3, -0.25) is 4.79 Å². The van der Waals surface area contributed by atoms with E-state index in [1.165, 1.54) is 11.3 Å². The molecule has 0 fully saturated rings. The third-order valence-corrected chi connectivity index (χ3v) is 5.72. The molecule has 0 saturated carbocycles. The molecule has 6 heteroatoms. The standard InChI is InChI=1S/C20H23N3O2.C10H19N/c1-11(2)14-5-6-16-17(9-14)23-20(22-16)19-12(3)7-15(8-13(19)4)21-10-18(24)25;1-5-6-7-10(11-4)8-9(2)3/h5-9,11,21H,10H2,1-4H3,(H,22,23)(H,24,25);6-9,11H,5H2,1-4H3/b;7-6-,10-8+. The fraction of sp³-hybridized carbons (Fsp3) is 0.400. The third kappa shape index (κ3) is 8.29. The molecule has 36 heavy (non-hydrogen) atoms. The lowest BCUT2D eigenvalue weighted by Crippen LogP contribution is -2.12. The van der Waals surface area contributed by atoms with E-state index in [2.05, 4.69) is 86.7 Å². The van der Waals surface area contributed by atoms with Gasteiger partial charge < -0.3 is 20.7 Å². The summed E-state index contributed by atoms with van der Waals surface area (Å²) in [5.41, 5.74) is 8.44. The van der Waals surface area contributed by atoms with Gasteiger partial charge in [0.1, 0.15) is 12.4 Å². The molecule has 6 nitrogen and oxygen atoms in total. The second-order valence-corrected chi connectivity index (χ2v) is 9.68. The van der Waals surface area contributed by atoms with Crippen molar-refractivity contribution >= 4 is 22.7 Å². The van der Waals surface area contributed by atoms with Crippen LogP contribution < -0.4 is 10.6 Å². The molecule has 0 amide bonds. The van der Waals surface area contributed by atoms with Crippen LogP contribution in [0.2, 0.25) is 0 Å². The molecule has 2 aromatic carbocycles. The zero-order chi connectivity index (χ0) is 26.8. The fourth-order valence-corrected chi connectivity index (χ4v) is 3.95. The van der Waals surface area contributed by atoms with Crippen LogP contribution in [-0.4, -0.2) is 34.6 Å². The molecule has 4 N–H and O–H groups in total. The number of aromatic nitrogens is 2. The van der Waals surface area contributed by atoms with E-state index in [1.54, 1.807) is 0 Å². The van der Waals surface area contributed by atoms with Gasteiger partial charge in [0.25, 0.3) is 0 Å². The molecule has 0 unspecified atom stereocenters. The van der Waals surface area contributed by atoms with Crippen molar-refractivity contribution in [2.75, 3.05) is 18.9 Å². The fourth-order valence-electron chi connectivity index (χ4n) is 3.95. The molecule has 0 saturated heterocycles. The van der Waals surface area contributed by atoms with E-state index in [0.717, 1.165) is 45.7 Å². The zero-order valence-corrected chi connectivity index (χ0v) is 23.0. The molecule has 1 aromatic heterocycles. The van der Waals surface area contributed by atoms with Gasteiger partial charge in [-0.2, -0.15) is 0 Å². The number of likely N-dealkylation sites (N-methyl/N-ethyl adjacent to an activating group) is 1. The number of allylic oxidation sites excluding steroid dienone is 3. The molecule has 0 radical (unpaired) electrons. The topological polar surface area (TPSA) is 90.0 Å². The Balaban J connectivity index is 0.000000352. The van der Waals surface area contributed by atoms with Gasteiger partial charge in [0.05, 0.1) is 11.0 Å². The molecule has 0 bridgehead atoms. The van der Waals surface area contributed by atoms with Gasteiger partial charge >= 0.3 is 5.97 Å². The third-order valence-electron chi connectivity index (χ3n) is 5.72. The first kappa shape index (κ1) is 28.7. The number of carboxylic acid groups (broad SMARTS) is 1. The SMILES string of the molecule is CC/C=C\C(=C/C(C)C)NC.Cc1cc(NCC(=O)O)cc(C)c1-c1nc2ccc(C(C)C)cc2[nH]1. The van der Waals surface area contributed by atoms with E-state index < -0.39 is 5.97 Å². The van der Waals surface area contributed by atoms with Crippen LogP contribution >= 0.6 is 0 Å². The molecule has 0 aliphatic rings. The number of H-pyrrole nitrogens is 1. The van der Waals surface area contributed by atoms with Crippen LogP contribution in [-0.2, 0) is 4.79 Å². The summed E-state index contributed by atoms with van der Waals surface area (Å²) in [6, 6.07) is 10.2. The monoisotopic (exact) mass is 490 g/mol. The van der Waals surface area contributed by atoms with Gasteiger partial charge in [0, 0.05) is 24.0 Å². The number of aryl methyl sites for hydroxylation is 2. The maximum absolute atomic E-state index is 10.7. The molecule has 3 rings (SSSR count). The predicted octanol–water partition coefficient (Wildman–Crippen LogP) is 7.18. The number of rotatable bonds is 9. The number of nitrogens with zero attached hydrogens (tertiary/aromatic N) is 1. The minimum absolute atomic E-state index is 0.0964. The average Bonchev–Trinajstić information content (AvgIpc) is 3.22. The highest BCUT2D eigenvalue weighted by Gasteiger charge is 2.13. The van der Waals surface area contributed by atoms with Crippen LogP contribution in [0.4, 0.5) is 5.69 Å². The van der Waals surface area contributed by atoms with Gasteiger partial charge in [-0.1, -0.05) is 52.8 Å². The van der Waals surface area contributed by atoms with Gasteiger partial charge in [-0.25, -0.2) is 4.98 Å². The number of aliphatic carboxylic acids is 1. The maximum atomic E-state index is 10.7. The summed E-state index contributed by atoms with van der Waals surface area (Å²) in [5.74, 6) is 1.05. The molecule has 0 aliphatic heterocycles. The zero-order valence-electron chi connectivity index (χ0n) is 23.0. The van der Waals surface area contributed by atoms with Crippen molar-refractivity contribution in [2.24, 2.45) is 5.92 Å². The minimum atomic E-state index is -0.877. The van der Waals surface area contributed by atoms with Gasteiger partial charge in [-0.05, 0) is 79.1 Å². The van der Waals surface area contributed by atoms with Crippen LogP contribution in [0, 0.1) is 19.8 Å². The average molecular weight is 491 g/mol. The number of imidazole rings is 1. The largest absolute Gasteiger partial charge is 0.480 e. The van der Waals surface area contributed by atoms with Crippen LogP contribution in [0.25, 0.3) is 22.4 Å². The van der Waals surface area contributed by atoms with Crippen LogP contribution in [0.15, 0.2) is 54.3 Å². The number of nitrogens with one attached hydrogen (secondary N) is 3. The number of hydrogen-bond donors (Lipinski definition) is 4. The Morgan fingerprint density at radius 1 is 1.11 bits per heavy atom. The Labute approximate surface area is 215 Å². The first-order chi connectivity index (χ1) is 17.0. The Kier molecular flexibility index (Phi) is 10.8. The van der Waals surface area contributed by atoms with E-state index >= 15 is 0 Å². The highest BCUT2D eigenvalue weighted by molar-refractivity contribution is 5.82. The Hall–Kier alpha value is -3.54. The van der Waals surface area contributed by atoms with Crippen LogP contribution in [0.5, 0.6) is 0 Å². The summed E-state index contributed by atoms with van der Waals surface area (Å²) in [7, 11) is 1.95. The Bertz CT molecular complexity index is 1200. The summed E-state index contributed by atoms with van der Waals surface area (Å²) in [6.45, 7) is 14.8. The van der Waals surface area contributed by atoms with Crippen molar-refractivity contribution < 1.29 is 9.90 Å². The van der Waals surface area contributed by atoms with Crippen molar-refractivity contribution in [2.45, 2.75) is 60.8 Å². The number of fused-ring (bicyclic) bond motifs is 1. The predicted molar refractivity (Wildman–Crippen MR) is 153 cm³/mol. The lowest BCUT2D eigenvalue weighted by atomic mass is 10.0. The molecule has 194 valence electrons. The number of aromatic amines is 1.